The van der Waals surface area contributed by atoms with Crippen LogP contribution in [0.4, 0.5) is 0 Å². The first-order chi connectivity index (χ1) is 23.8. The fourth-order valence-electron chi connectivity index (χ4n) is 6.06. The van der Waals surface area contributed by atoms with Crippen LogP contribution in [0.3, 0.4) is 0 Å². The van der Waals surface area contributed by atoms with Crippen molar-refractivity contribution < 1.29 is 0 Å². The Balaban J connectivity index is 1.28. The number of hydrogen-bond donors (Lipinski definition) is 0. The van der Waals surface area contributed by atoms with Gasteiger partial charge in [0.05, 0.1) is 0 Å². The van der Waals surface area contributed by atoms with Crippen molar-refractivity contribution in [1.82, 2.24) is 19.9 Å². The van der Waals surface area contributed by atoms with Crippen molar-refractivity contribution in [1.29, 1.82) is 0 Å². The first-order valence-electron chi connectivity index (χ1n) is 16.0. The van der Waals surface area contributed by atoms with Gasteiger partial charge in [-0.25, -0.2) is 15.0 Å². The summed E-state index contributed by atoms with van der Waals surface area (Å²) in [5.74, 6) is 1.93. The van der Waals surface area contributed by atoms with Gasteiger partial charge in [-0.15, -0.1) is 0 Å². The predicted octanol–water partition coefficient (Wildman–Crippen LogP) is 10.9. The molecule has 0 aliphatic rings. The number of benzene rings is 6. The van der Waals surface area contributed by atoms with Gasteiger partial charge in [-0.05, 0) is 68.8 Å². The molecule has 0 spiro atoms. The first-order valence-corrected chi connectivity index (χ1v) is 16.0. The van der Waals surface area contributed by atoms with E-state index in [1.807, 2.05) is 73.1 Å². The van der Waals surface area contributed by atoms with Crippen LogP contribution in [0.15, 0.2) is 182 Å². The summed E-state index contributed by atoms with van der Waals surface area (Å²) in [4.78, 5) is 19.0. The van der Waals surface area contributed by atoms with E-state index in [1.54, 1.807) is 0 Å². The van der Waals surface area contributed by atoms with E-state index in [0.29, 0.717) is 17.5 Å². The summed E-state index contributed by atoms with van der Waals surface area (Å²) in [5, 5.41) is 0. The van der Waals surface area contributed by atoms with Crippen molar-refractivity contribution >= 4 is 0 Å². The number of nitrogens with zero attached hydrogens (tertiary/aromatic N) is 4. The van der Waals surface area contributed by atoms with E-state index in [1.165, 1.54) is 0 Å². The summed E-state index contributed by atoms with van der Waals surface area (Å²) in [6.07, 6.45) is 3.71. The smallest absolute Gasteiger partial charge is 0.164 e. The van der Waals surface area contributed by atoms with Gasteiger partial charge >= 0.3 is 0 Å². The minimum atomic E-state index is 0.635. The normalized spacial score (nSPS) is 10.9. The molecule has 48 heavy (non-hydrogen) atoms. The molecule has 0 amide bonds. The lowest BCUT2D eigenvalue weighted by molar-refractivity contribution is 1.07. The standard InChI is InChI=1S/C44H30N4/c1-5-13-31(14-6-1)38-30-41(34-25-27-45-28-26-34)39(32-15-7-2-8-16-32)29-40(38)33-21-23-37(24-22-33)44-47-42(35-17-9-3-10-18-35)46-43(48-44)36-19-11-4-12-20-36/h1-30H. The lowest BCUT2D eigenvalue weighted by Crippen LogP contribution is -2.00. The van der Waals surface area contributed by atoms with E-state index < -0.39 is 0 Å². The quantitative estimate of drug-likeness (QED) is 0.179. The highest BCUT2D eigenvalue weighted by molar-refractivity contribution is 5.95. The molecule has 4 nitrogen and oxygen atoms in total. The molecule has 8 rings (SSSR count). The maximum atomic E-state index is 4.94. The van der Waals surface area contributed by atoms with Gasteiger partial charge in [0, 0.05) is 29.1 Å². The lowest BCUT2D eigenvalue weighted by Gasteiger charge is -2.18. The first kappa shape index (κ1) is 28.9. The average Bonchev–Trinajstić information content (AvgIpc) is 3.19. The fourth-order valence-corrected chi connectivity index (χ4v) is 6.06. The molecule has 0 radical (unpaired) electrons. The molecule has 0 bridgehead atoms. The Kier molecular flexibility index (Phi) is 7.87. The third-order valence-corrected chi connectivity index (χ3v) is 8.47. The maximum Gasteiger partial charge on any atom is 0.164 e. The second-order valence-electron chi connectivity index (χ2n) is 11.5. The molecule has 226 valence electrons. The van der Waals surface area contributed by atoms with Crippen molar-refractivity contribution in [2.45, 2.75) is 0 Å². The Hall–Kier alpha value is -6.52. The van der Waals surface area contributed by atoms with Crippen LogP contribution in [0.25, 0.3) is 78.7 Å². The summed E-state index contributed by atoms with van der Waals surface area (Å²) in [5.41, 5.74) is 12.0. The zero-order valence-corrected chi connectivity index (χ0v) is 26.1. The van der Waals surface area contributed by atoms with Gasteiger partial charge in [-0.2, -0.15) is 0 Å². The Morgan fingerprint density at radius 3 is 0.896 bits per heavy atom. The number of rotatable bonds is 7. The third kappa shape index (κ3) is 5.91. The van der Waals surface area contributed by atoms with Crippen molar-refractivity contribution in [2.24, 2.45) is 0 Å². The number of hydrogen-bond acceptors (Lipinski definition) is 4. The van der Waals surface area contributed by atoms with Crippen LogP contribution < -0.4 is 0 Å². The van der Waals surface area contributed by atoms with Crippen LogP contribution >= 0.6 is 0 Å². The molecular formula is C44H30N4. The van der Waals surface area contributed by atoms with Gasteiger partial charge in [-0.1, -0.05) is 146 Å². The van der Waals surface area contributed by atoms with Crippen LogP contribution in [0, 0.1) is 0 Å². The SMILES string of the molecule is c1ccc(-c2nc(-c3ccccc3)nc(-c3ccc(-c4cc(-c5ccccc5)c(-c5ccncc5)cc4-c4ccccc4)cc3)n2)cc1. The van der Waals surface area contributed by atoms with Crippen LogP contribution in [0.5, 0.6) is 0 Å². The van der Waals surface area contributed by atoms with Crippen LogP contribution in [0.1, 0.15) is 0 Å². The minimum absolute atomic E-state index is 0.635. The predicted molar refractivity (Wildman–Crippen MR) is 196 cm³/mol. The Morgan fingerprint density at radius 1 is 0.250 bits per heavy atom. The van der Waals surface area contributed by atoms with Gasteiger partial charge in [-0.3, -0.25) is 4.98 Å². The second kappa shape index (κ2) is 13.1. The van der Waals surface area contributed by atoms with Gasteiger partial charge in [0.25, 0.3) is 0 Å². The highest BCUT2D eigenvalue weighted by Crippen LogP contribution is 2.42. The molecule has 0 unspecified atom stereocenters. The van der Waals surface area contributed by atoms with Crippen molar-refractivity contribution in [3.63, 3.8) is 0 Å². The van der Waals surface area contributed by atoms with Gasteiger partial charge in [0.15, 0.2) is 17.5 Å². The Bertz CT molecular complexity index is 2230. The van der Waals surface area contributed by atoms with E-state index in [-0.39, 0.29) is 0 Å². The molecule has 0 saturated carbocycles. The fraction of sp³-hybridized carbons (Fsp3) is 0. The Morgan fingerprint density at radius 2 is 0.521 bits per heavy atom. The van der Waals surface area contributed by atoms with Crippen molar-refractivity contribution in [2.75, 3.05) is 0 Å². The van der Waals surface area contributed by atoms with E-state index in [0.717, 1.165) is 61.2 Å². The molecule has 8 aromatic rings. The van der Waals surface area contributed by atoms with Crippen molar-refractivity contribution in [3.8, 4) is 78.7 Å². The second-order valence-corrected chi connectivity index (χ2v) is 11.5. The number of pyridine rings is 1. The maximum absolute atomic E-state index is 4.94. The molecule has 0 aliphatic carbocycles. The third-order valence-electron chi connectivity index (χ3n) is 8.47. The molecule has 6 aromatic carbocycles. The molecule has 0 aliphatic heterocycles. The summed E-state index contributed by atoms with van der Waals surface area (Å²) < 4.78 is 0. The summed E-state index contributed by atoms with van der Waals surface area (Å²) in [6.45, 7) is 0. The summed E-state index contributed by atoms with van der Waals surface area (Å²) >= 11 is 0. The number of aromatic nitrogens is 4. The topological polar surface area (TPSA) is 51.6 Å². The van der Waals surface area contributed by atoms with E-state index >= 15 is 0 Å². The lowest BCUT2D eigenvalue weighted by atomic mass is 9.85. The molecule has 0 saturated heterocycles. The van der Waals surface area contributed by atoms with E-state index in [2.05, 4.69) is 114 Å². The largest absolute Gasteiger partial charge is 0.265 e. The van der Waals surface area contributed by atoms with Crippen LogP contribution in [-0.2, 0) is 0 Å². The molecular weight excluding hydrogens is 585 g/mol. The van der Waals surface area contributed by atoms with E-state index in [4.69, 9.17) is 15.0 Å². The highest BCUT2D eigenvalue weighted by Gasteiger charge is 2.17. The molecule has 4 heteroatoms. The Labute approximate surface area is 280 Å². The van der Waals surface area contributed by atoms with Crippen LogP contribution in [-0.4, -0.2) is 19.9 Å². The monoisotopic (exact) mass is 614 g/mol. The minimum Gasteiger partial charge on any atom is -0.265 e. The van der Waals surface area contributed by atoms with E-state index in [9.17, 15) is 0 Å². The van der Waals surface area contributed by atoms with Crippen molar-refractivity contribution in [3.05, 3.63) is 182 Å². The molecule has 0 atom stereocenters. The highest BCUT2D eigenvalue weighted by atomic mass is 15.0. The average molecular weight is 615 g/mol. The van der Waals surface area contributed by atoms with Crippen LogP contribution in [0.2, 0.25) is 0 Å². The van der Waals surface area contributed by atoms with Gasteiger partial charge in [0.2, 0.25) is 0 Å². The molecule has 0 N–H and O–H groups in total. The van der Waals surface area contributed by atoms with Gasteiger partial charge < -0.3 is 0 Å². The van der Waals surface area contributed by atoms with Gasteiger partial charge in [0.1, 0.15) is 0 Å². The molecule has 0 fully saturated rings. The summed E-state index contributed by atoms with van der Waals surface area (Å²) in [6, 6.07) is 58.7. The summed E-state index contributed by atoms with van der Waals surface area (Å²) in [7, 11) is 0. The molecule has 2 aromatic heterocycles. The zero-order chi connectivity index (χ0) is 32.1. The molecule has 2 heterocycles. The zero-order valence-electron chi connectivity index (χ0n) is 26.1.